The number of rotatable bonds is 3. The molecule has 1 aromatic heterocycles. The average molecular weight is 239 g/mol. The molecule has 78 valence electrons. The van der Waals surface area contributed by atoms with E-state index < -0.39 is 0 Å². The predicted octanol–water partition coefficient (Wildman–Crippen LogP) is 4.23. The summed E-state index contributed by atoms with van der Waals surface area (Å²) < 4.78 is 1.12. The Morgan fingerprint density at radius 1 is 1.40 bits per heavy atom. The lowest BCUT2D eigenvalue weighted by molar-refractivity contribution is 0.108. The van der Waals surface area contributed by atoms with Gasteiger partial charge in [0, 0.05) is 4.70 Å². The van der Waals surface area contributed by atoms with Crippen LogP contribution in [0.3, 0.4) is 0 Å². The zero-order valence-electron chi connectivity index (χ0n) is 8.42. The fourth-order valence-corrected chi connectivity index (χ4v) is 2.68. The van der Waals surface area contributed by atoms with Gasteiger partial charge in [0.2, 0.25) is 0 Å². The van der Waals surface area contributed by atoms with Crippen LogP contribution in [0.4, 0.5) is 0 Å². The smallest absolute Gasteiger partial charge is 0.262 e. The molecule has 0 aliphatic carbocycles. The van der Waals surface area contributed by atoms with Gasteiger partial charge in [-0.2, -0.15) is 0 Å². The molecule has 0 bridgehead atoms. The number of thiophene rings is 1. The predicted molar refractivity (Wildman–Crippen MR) is 66.0 cm³/mol. The van der Waals surface area contributed by atoms with Crippen molar-refractivity contribution in [1.82, 2.24) is 0 Å². The Bertz CT molecular complexity index is 501. The molecule has 3 heteroatoms. The third-order valence-electron chi connectivity index (χ3n) is 2.31. The molecule has 2 rings (SSSR count). The highest BCUT2D eigenvalue weighted by atomic mass is 35.5. The molecule has 0 amide bonds. The van der Waals surface area contributed by atoms with Crippen LogP contribution in [0.25, 0.3) is 10.1 Å². The minimum atomic E-state index is -0.367. The van der Waals surface area contributed by atoms with Gasteiger partial charge in [-0.05, 0) is 41.1 Å². The summed E-state index contributed by atoms with van der Waals surface area (Å²) in [5.74, 6) is 0. The first kappa shape index (κ1) is 10.7. The highest BCUT2D eigenvalue weighted by Gasteiger charge is 2.07. The Balaban J connectivity index is 2.47. The normalized spacial score (nSPS) is 10.8. The third-order valence-corrected chi connectivity index (χ3v) is 3.74. The Morgan fingerprint density at radius 2 is 2.20 bits per heavy atom. The van der Waals surface area contributed by atoms with E-state index in [1.165, 1.54) is 16.9 Å². The first-order chi connectivity index (χ1) is 7.20. The Hall–Kier alpha value is -0.860. The maximum absolute atomic E-state index is 11.0. The number of halogens is 1. The molecule has 0 radical (unpaired) electrons. The fourth-order valence-electron chi connectivity index (χ4n) is 1.63. The number of hydrogen-bond donors (Lipinski definition) is 0. The van der Waals surface area contributed by atoms with Gasteiger partial charge < -0.3 is 0 Å². The van der Waals surface area contributed by atoms with Gasteiger partial charge in [-0.1, -0.05) is 25.5 Å². The van der Waals surface area contributed by atoms with Crippen molar-refractivity contribution in [3.63, 3.8) is 0 Å². The molecule has 0 N–H and O–H groups in total. The van der Waals surface area contributed by atoms with Crippen molar-refractivity contribution < 1.29 is 4.79 Å². The van der Waals surface area contributed by atoms with Crippen LogP contribution in [0.5, 0.6) is 0 Å². The van der Waals surface area contributed by atoms with E-state index in [1.807, 2.05) is 6.07 Å². The lowest BCUT2D eigenvalue weighted by Crippen LogP contribution is -1.81. The molecule has 0 saturated carbocycles. The summed E-state index contributed by atoms with van der Waals surface area (Å²) in [6, 6.07) is 8.19. The number of benzene rings is 1. The van der Waals surface area contributed by atoms with E-state index in [0.29, 0.717) is 4.88 Å². The van der Waals surface area contributed by atoms with Gasteiger partial charge in [-0.3, -0.25) is 4.79 Å². The van der Waals surface area contributed by atoms with Crippen molar-refractivity contribution in [3.8, 4) is 0 Å². The second-order valence-corrected chi connectivity index (χ2v) is 4.93. The lowest BCUT2D eigenvalue weighted by Gasteiger charge is -1.97. The average Bonchev–Trinajstić information content (AvgIpc) is 2.61. The van der Waals surface area contributed by atoms with Gasteiger partial charge in [-0.25, -0.2) is 0 Å². The van der Waals surface area contributed by atoms with Crippen LogP contribution in [0.2, 0.25) is 0 Å². The number of hydrogen-bond acceptors (Lipinski definition) is 2. The maximum Gasteiger partial charge on any atom is 0.262 e. The summed E-state index contributed by atoms with van der Waals surface area (Å²) >= 11 is 6.90. The summed E-state index contributed by atoms with van der Waals surface area (Å²) in [6.07, 6.45) is 2.22. The van der Waals surface area contributed by atoms with Crippen molar-refractivity contribution in [2.24, 2.45) is 0 Å². The number of carbonyl (C=O) groups excluding carboxylic acids is 1. The topological polar surface area (TPSA) is 17.1 Å². The molecule has 0 spiro atoms. The SMILES string of the molecule is CCCc1ccc2sc(C(=O)Cl)cc2c1. The van der Waals surface area contributed by atoms with Crippen LogP contribution in [0.15, 0.2) is 24.3 Å². The van der Waals surface area contributed by atoms with E-state index in [4.69, 9.17) is 11.6 Å². The van der Waals surface area contributed by atoms with E-state index in [2.05, 4.69) is 25.1 Å². The Kier molecular flexibility index (Phi) is 3.08. The summed E-state index contributed by atoms with van der Waals surface area (Å²) in [6.45, 7) is 2.16. The van der Waals surface area contributed by atoms with Crippen LogP contribution >= 0.6 is 22.9 Å². The second-order valence-electron chi connectivity index (χ2n) is 3.51. The van der Waals surface area contributed by atoms with Gasteiger partial charge in [0.15, 0.2) is 0 Å². The molecule has 0 unspecified atom stereocenters. The van der Waals surface area contributed by atoms with E-state index in [-0.39, 0.29) is 5.24 Å². The minimum absolute atomic E-state index is 0.367. The van der Waals surface area contributed by atoms with Crippen LogP contribution < -0.4 is 0 Å². The zero-order valence-corrected chi connectivity index (χ0v) is 9.99. The largest absolute Gasteiger partial charge is 0.275 e. The third kappa shape index (κ3) is 2.21. The maximum atomic E-state index is 11.0. The first-order valence-corrected chi connectivity index (χ1v) is 6.12. The summed E-state index contributed by atoms with van der Waals surface area (Å²) in [7, 11) is 0. The van der Waals surface area contributed by atoms with Gasteiger partial charge in [-0.15, -0.1) is 11.3 Å². The molecule has 0 aliphatic rings. The summed E-state index contributed by atoms with van der Waals surface area (Å²) in [4.78, 5) is 11.6. The highest BCUT2D eigenvalue weighted by molar-refractivity contribution is 7.22. The number of aryl methyl sites for hydroxylation is 1. The van der Waals surface area contributed by atoms with Crippen molar-refractivity contribution in [1.29, 1.82) is 0 Å². The number of carbonyl (C=O) groups is 1. The molecular weight excluding hydrogens is 228 g/mol. The van der Waals surface area contributed by atoms with Crippen LogP contribution in [0.1, 0.15) is 28.6 Å². The van der Waals surface area contributed by atoms with Crippen LogP contribution in [0, 0.1) is 0 Å². The molecule has 2 aromatic rings. The zero-order chi connectivity index (χ0) is 10.8. The molecule has 0 aliphatic heterocycles. The second kappa shape index (κ2) is 4.33. The highest BCUT2D eigenvalue weighted by Crippen LogP contribution is 2.27. The van der Waals surface area contributed by atoms with Gasteiger partial charge in [0.25, 0.3) is 5.24 Å². The van der Waals surface area contributed by atoms with Crippen LogP contribution in [-0.4, -0.2) is 5.24 Å². The molecular formula is C12H11ClOS. The Labute approximate surface area is 97.7 Å². The van der Waals surface area contributed by atoms with E-state index in [0.717, 1.165) is 22.9 Å². The van der Waals surface area contributed by atoms with Crippen LogP contribution in [-0.2, 0) is 6.42 Å². The van der Waals surface area contributed by atoms with Gasteiger partial charge >= 0.3 is 0 Å². The Morgan fingerprint density at radius 3 is 2.87 bits per heavy atom. The molecule has 15 heavy (non-hydrogen) atoms. The van der Waals surface area contributed by atoms with Gasteiger partial charge in [0.1, 0.15) is 0 Å². The summed E-state index contributed by atoms with van der Waals surface area (Å²) in [5, 5.41) is 0.753. The minimum Gasteiger partial charge on any atom is -0.275 e. The first-order valence-electron chi connectivity index (χ1n) is 4.93. The van der Waals surface area contributed by atoms with E-state index >= 15 is 0 Å². The molecule has 1 aromatic carbocycles. The molecule has 1 nitrogen and oxygen atoms in total. The van der Waals surface area contributed by atoms with Crippen molar-refractivity contribution in [3.05, 3.63) is 34.7 Å². The van der Waals surface area contributed by atoms with E-state index in [9.17, 15) is 4.79 Å². The fraction of sp³-hybridized carbons (Fsp3) is 0.250. The van der Waals surface area contributed by atoms with Crippen molar-refractivity contribution in [2.45, 2.75) is 19.8 Å². The quantitative estimate of drug-likeness (QED) is 0.732. The standard InChI is InChI=1S/C12H11ClOS/c1-2-3-8-4-5-10-9(6-8)7-11(15-10)12(13)14/h4-7H,2-3H2,1H3. The molecule has 1 heterocycles. The molecule has 0 saturated heterocycles. The van der Waals surface area contributed by atoms with Crippen molar-refractivity contribution in [2.75, 3.05) is 0 Å². The molecule has 0 atom stereocenters. The van der Waals surface area contributed by atoms with Crippen molar-refractivity contribution >= 4 is 38.3 Å². The number of fused-ring (bicyclic) bond motifs is 1. The monoisotopic (exact) mass is 238 g/mol. The van der Waals surface area contributed by atoms with Gasteiger partial charge in [0.05, 0.1) is 4.88 Å². The summed E-state index contributed by atoms with van der Waals surface area (Å²) in [5.41, 5.74) is 1.32. The molecule has 0 fully saturated rings. The van der Waals surface area contributed by atoms with E-state index in [1.54, 1.807) is 0 Å². The lowest BCUT2D eigenvalue weighted by atomic mass is 10.1.